The van der Waals surface area contributed by atoms with Crippen molar-refractivity contribution in [3.63, 3.8) is 0 Å². The Morgan fingerprint density at radius 2 is 1.66 bits per heavy atom. The molecule has 1 saturated carbocycles. The van der Waals surface area contributed by atoms with Crippen LogP contribution in [-0.2, 0) is 44.1 Å². The smallest absolute Gasteiger partial charge is 0.127 e. The van der Waals surface area contributed by atoms with Crippen molar-refractivity contribution >= 4 is 23.2 Å². The molecule has 4 unspecified atom stereocenters. The van der Waals surface area contributed by atoms with E-state index < -0.39 is 0 Å². The Morgan fingerprint density at radius 3 is 2.34 bits per heavy atom. The predicted octanol–water partition coefficient (Wildman–Crippen LogP) is 6.40. The second-order valence-corrected chi connectivity index (χ2v) is 8.10. The van der Waals surface area contributed by atoms with Gasteiger partial charge in [0.05, 0.1) is 6.61 Å². The quantitative estimate of drug-likeness (QED) is 0.275. The third kappa shape index (κ3) is 5.86. The van der Waals surface area contributed by atoms with Gasteiger partial charge in [-0.3, -0.25) is 0 Å². The van der Waals surface area contributed by atoms with Crippen molar-refractivity contribution in [2.24, 2.45) is 5.92 Å². The Morgan fingerprint density at radius 1 is 0.931 bits per heavy atom. The monoisotopic (exact) mass is 504 g/mol. The maximum atomic E-state index is 6.66. The van der Waals surface area contributed by atoms with Crippen molar-refractivity contribution < 1.29 is 46.6 Å². The normalized spacial score (nSPS) is 23.5. The number of para-hydroxylation sites is 1. The van der Waals surface area contributed by atoms with Gasteiger partial charge >= 0.3 is 0 Å². The summed E-state index contributed by atoms with van der Waals surface area (Å²) in [7, 11) is 0. The Kier molecular flexibility index (Phi) is 8.64. The van der Waals surface area contributed by atoms with Crippen LogP contribution in [0, 0.1) is 12.2 Å². The number of hydrogen-bond acceptors (Lipinski definition) is 3. The summed E-state index contributed by atoms with van der Waals surface area (Å²) in [6, 6.07) is 21.4. The van der Waals surface area contributed by atoms with Gasteiger partial charge in [-0.15, -0.1) is 29.3 Å². The van der Waals surface area contributed by atoms with E-state index in [0.717, 1.165) is 29.2 Å². The molecular formula is C23H21Cl2O3Y-. The van der Waals surface area contributed by atoms with Crippen LogP contribution in [-0.4, -0.2) is 17.4 Å². The van der Waals surface area contributed by atoms with Crippen LogP contribution in [0.15, 0.2) is 71.1 Å². The van der Waals surface area contributed by atoms with Crippen LogP contribution < -0.4 is 4.74 Å². The molecule has 0 spiro atoms. The topological polar surface area (TPSA) is 31.6 Å². The van der Waals surface area contributed by atoms with Gasteiger partial charge in [-0.2, -0.15) is 6.07 Å². The fourth-order valence-corrected chi connectivity index (χ4v) is 4.76. The van der Waals surface area contributed by atoms with Gasteiger partial charge in [0.2, 0.25) is 0 Å². The number of hydrogen-bond donors (Lipinski definition) is 0. The van der Waals surface area contributed by atoms with Crippen molar-refractivity contribution in [2.45, 2.75) is 29.7 Å². The first-order valence-electron chi connectivity index (χ1n) is 9.34. The molecular weight excluding hydrogens is 484 g/mol. The molecule has 1 aliphatic carbocycles. The van der Waals surface area contributed by atoms with Gasteiger partial charge in [0.25, 0.3) is 0 Å². The molecule has 6 heteroatoms. The van der Waals surface area contributed by atoms with E-state index >= 15 is 0 Å². The van der Waals surface area contributed by atoms with Crippen LogP contribution >= 0.6 is 23.2 Å². The van der Waals surface area contributed by atoms with Crippen LogP contribution in [0.4, 0.5) is 0 Å². The molecule has 0 amide bonds. The predicted molar refractivity (Wildman–Crippen MR) is 110 cm³/mol. The second-order valence-electron chi connectivity index (χ2n) is 6.98. The van der Waals surface area contributed by atoms with E-state index in [9.17, 15) is 0 Å². The van der Waals surface area contributed by atoms with Gasteiger partial charge in [0, 0.05) is 61.9 Å². The maximum absolute atomic E-state index is 6.66. The van der Waals surface area contributed by atoms with Crippen molar-refractivity contribution in [1.82, 2.24) is 0 Å². The van der Waals surface area contributed by atoms with Gasteiger partial charge in [0.15, 0.2) is 0 Å². The van der Waals surface area contributed by atoms with Crippen LogP contribution in [0.1, 0.15) is 23.7 Å². The molecule has 1 heterocycles. The molecule has 29 heavy (non-hydrogen) atoms. The molecule has 0 aliphatic heterocycles. The molecule has 0 N–H and O–H groups in total. The van der Waals surface area contributed by atoms with Crippen LogP contribution in [0.5, 0.6) is 11.5 Å². The van der Waals surface area contributed by atoms with Gasteiger partial charge in [0.1, 0.15) is 11.5 Å². The fraction of sp³-hybridized carbons (Fsp3) is 0.304. The minimum atomic E-state index is -0.0195. The van der Waals surface area contributed by atoms with Crippen molar-refractivity contribution in [3.8, 4) is 11.5 Å². The van der Waals surface area contributed by atoms with E-state index in [4.69, 9.17) is 37.1 Å². The van der Waals surface area contributed by atoms with Crippen LogP contribution in [0.3, 0.4) is 0 Å². The largest absolute Gasteiger partial charge is 0.593 e. The first-order valence-corrected chi connectivity index (χ1v) is 10.2. The van der Waals surface area contributed by atoms with E-state index in [2.05, 4.69) is 18.4 Å². The van der Waals surface area contributed by atoms with Gasteiger partial charge < -0.3 is 13.9 Å². The number of furan rings is 1. The molecule has 4 atom stereocenters. The SMILES string of the molecule is ClC1CC(Cl)C(c2ccc(Oc3ccccc3)cc2)C1COCc1cc[c-]o1.[Y]. The molecule has 3 nitrogen and oxygen atoms in total. The Hall–Kier alpha value is -0.836. The molecule has 2 aromatic carbocycles. The van der Waals surface area contributed by atoms with Crippen molar-refractivity contribution in [3.05, 3.63) is 84.3 Å². The zero-order valence-electron chi connectivity index (χ0n) is 15.8. The zero-order valence-corrected chi connectivity index (χ0v) is 20.2. The summed E-state index contributed by atoms with van der Waals surface area (Å²) in [4.78, 5) is 0. The summed E-state index contributed by atoms with van der Waals surface area (Å²) < 4.78 is 16.9. The van der Waals surface area contributed by atoms with Crippen molar-refractivity contribution in [1.29, 1.82) is 0 Å². The molecule has 1 aliphatic rings. The molecule has 1 fully saturated rings. The minimum Gasteiger partial charge on any atom is -0.593 e. The van der Waals surface area contributed by atoms with E-state index in [-0.39, 0.29) is 55.3 Å². The van der Waals surface area contributed by atoms with E-state index in [1.54, 1.807) is 6.07 Å². The molecule has 3 aromatic rings. The van der Waals surface area contributed by atoms with Gasteiger partial charge in [-0.25, -0.2) is 0 Å². The molecule has 1 radical (unpaired) electrons. The standard InChI is InChI=1S/C23H21Cl2O3.Y/c24-21-13-22(25)23(20(21)15-26-14-19-7-4-12-27-19)16-8-10-18(11-9-16)28-17-5-2-1-3-6-17;/h1-11,20-23H,13-15H2;/q-1;. The number of rotatable bonds is 7. The summed E-state index contributed by atoms with van der Waals surface area (Å²) in [5.41, 5.74) is 1.16. The van der Waals surface area contributed by atoms with Gasteiger partial charge in [-0.1, -0.05) is 30.3 Å². The van der Waals surface area contributed by atoms with Crippen molar-refractivity contribution in [2.75, 3.05) is 6.61 Å². The first kappa shape index (κ1) is 22.8. The molecule has 1 aromatic heterocycles. The molecule has 4 rings (SSSR count). The third-order valence-electron chi connectivity index (χ3n) is 5.09. The Balaban J connectivity index is 0.00000240. The number of benzene rings is 2. The minimum absolute atomic E-state index is 0. The number of halogens is 2. The third-order valence-corrected chi connectivity index (χ3v) is 6.04. The maximum Gasteiger partial charge on any atom is 0.127 e. The Labute approximate surface area is 206 Å². The zero-order chi connectivity index (χ0) is 19.3. The fourth-order valence-electron chi connectivity index (χ4n) is 3.72. The number of ether oxygens (including phenoxy) is 2. The van der Waals surface area contributed by atoms with E-state index in [1.165, 1.54) is 0 Å². The average Bonchev–Trinajstić information content (AvgIpc) is 3.31. The second kappa shape index (κ2) is 11.0. The van der Waals surface area contributed by atoms with Crippen LogP contribution in [0.25, 0.3) is 0 Å². The summed E-state index contributed by atoms with van der Waals surface area (Å²) in [6.07, 6.45) is 3.43. The first-order chi connectivity index (χ1) is 13.7. The molecule has 149 valence electrons. The summed E-state index contributed by atoms with van der Waals surface area (Å²) in [6.45, 7) is 0.943. The van der Waals surface area contributed by atoms with E-state index in [0.29, 0.717) is 13.2 Å². The summed E-state index contributed by atoms with van der Waals surface area (Å²) in [5, 5.41) is -0.0372. The Bertz CT molecular complexity index is 856. The number of alkyl halides is 2. The van der Waals surface area contributed by atoms with E-state index in [1.807, 2.05) is 48.5 Å². The molecule has 0 saturated heterocycles. The molecule has 0 bridgehead atoms. The van der Waals surface area contributed by atoms with Gasteiger partial charge in [-0.05, 0) is 48.3 Å². The summed E-state index contributed by atoms with van der Waals surface area (Å²) >= 11 is 13.3. The summed E-state index contributed by atoms with van der Waals surface area (Å²) in [5.74, 6) is 2.64. The van der Waals surface area contributed by atoms with Crippen LogP contribution in [0.2, 0.25) is 0 Å². The average molecular weight is 505 g/mol.